The molecule has 0 spiro atoms. The molecule has 2 aliphatic heterocycles. The maximum absolute atomic E-state index is 12.1. The first-order valence-electron chi connectivity index (χ1n) is 5.41. The van der Waals surface area contributed by atoms with Crippen molar-refractivity contribution in [3.05, 3.63) is 47.5 Å². The number of fused-ring (bicyclic) bond motifs is 4. The number of hydrogen-bond donors (Lipinski definition) is 0. The van der Waals surface area contributed by atoms with Crippen LogP contribution in [0.1, 0.15) is 28.3 Å². The van der Waals surface area contributed by atoms with E-state index in [-0.39, 0.29) is 5.91 Å². The molecule has 76 valence electrons. The Labute approximate surface area is 89.2 Å². The Balaban J connectivity index is 2.16. The van der Waals surface area contributed by atoms with Crippen molar-refractivity contribution >= 4 is 5.91 Å². The summed E-state index contributed by atoms with van der Waals surface area (Å²) in [4.78, 5) is 14.0. The summed E-state index contributed by atoms with van der Waals surface area (Å²) < 4.78 is 0. The SMILES string of the molecule is O=C1c2ccccc2C2C=CCCN1C2. The van der Waals surface area contributed by atoms with E-state index in [2.05, 4.69) is 18.2 Å². The molecule has 0 aromatic heterocycles. The number of carbonyl (C=O) groups is 1. The highest BCUT2D eigenvalue weighted by atomic mass is 16.2. The van der Waals surface area contributed by atoms with E-state index in [1.807, 2.05) is 23.1 Å². The fraction of sp³-hybridized carbons (Fsp3) is 0.308. The van der Waals surface area contributed by atoms with Crippen LogP contribution in [0, 0.1) is 0 Å². The molecule has 1 aromatic rings. The zero-order chi connectivity index (χ0) is 10.3. The molecule has 2 heterocycles. The van der Waals surface area contributed by atoms with E-state index in [1.165, 1.54) is 5.56 Å². The van der Waals surface area contributed by atoms with Gasteiger partial charge >= 0.3 is 0 Å². The maximum Gasteiger partial charge on any atom is 0.254 e. The summed E-state index contributed by atoms with van der Waals surface area (Å²) in [7, 11) is 0. The normalized spacial score (nSPS) is 23.6. The average Bonchev–Trinajstić information content (AvgIpc) is 2.50. The van der Waals surface area contributed by atoms with Gasteiger partial charge in [0.1, 0.15) is 0 Å². The summed E-state index contributed by atoms with van der Waals surface area (Å²) in [6.45, 7) is 1.71. The van der Waals surface area contributed by atoms with Gasteiger partial charge in [0, 0.05) is 24.6 Å². The van der Waals surface area contributed by atoms with Crippen LogP contribution >= 0.6 is 0 Å². The third-order valence-electron chi connectivity index (χ3n) is 3.23. The number of nitrogens with zero attached hydrogens (tertiary/aromatic N) is 1. The van der Waals surface area contributed by atoms with E-state index in [0.29, 0.717) is 5.92 Å². The standard InChI is InChI=1S/C13H13NO/c15-13-12-7-2-1-6-11(12)10-5-3-4-8-14(13)9-10/h1-3,5-7,10H,4,8-9H2. The van der Waals surface area contributed by atoms with Gasteiger partial charge in [-0.05, 0) is 18.1 Å². The Morgan fingerprint density at radius 2 is 2.13 bits per heavy atom. The minimum absolute atomic E-state index is 0.200. The van der Waals surface area contributed by atoms with E-state index >= 15 is 0 Å². The fourth-order valence-electron chi connectivity index (χ4n) is 2.45. The van der Waals surface area contributed by atoms with Crippen LogP contribution in [0.3, 0.4) is 0 Å². The summed E-state index contributed by atoms with van der Waals surface area (Å²) >= 11 is 0. The largest absolute Gasteiger partial charge is 0.337 e. The van der Waals surface area contributed by atoms with Gasteiger partial charge in [-0.15, -0.1) is 0 Å². The Bertz CT molecular complexity index is 436. The van der Waals surface area contributed by atoms with E-state index < -0.39 is 0 Å². The second kappa shape index (κ2) is 3.23. The van der Waals surface area contributed by atoms with E-state index in [9.17, 15) is 4.79 Å². The van der Waals surface area contributed by atoms with Gasteiger partial charge in [-0.1, -0.05) is 30.4 Å². The Hall–Kier alpha value is -1.57. The summed E-state index contributed by atoms with van der Waals surface area (Å²) in [6, 6.07) is 7.97. The van der Waals surface area contributed by atoms with Crippen molar-refractivity contribution < 1.29 is 4.79 Å². The molecule has 15 heavy (non-hydrogen) atoms. The van der Waals surface area contributed by atoms with Gasteiger partial charge < -0.3 is 4.90 Å². The minimum atomic E-state index is 0.200. The first kappa shape index (κ1) is 8.72. The summed E-state index contributed by atoms with van der Waals surface area (Å²) in [5, 5.41) is 0. The molecule has 1 amide bonds. The van der Waals surface area contributed by atoms with Crippen LogP contribution in [0.2, 0.25) is 0 Å². The van der Waals surface area contributed by atoms with E-state index in [1.54, 1.807) is 0 Å². The Kier molecular flexibility index (Phi) is 1.88. The predicted molar refractivity (Wildman–Crippen MR) is 58.8 cm³/mol. The van der Waals surface area contributed by atoms with Crippen LogP contribution in [-0.2, 0) is 0 Å². The molecule has 0 saturated carbocycles. The van der Waals surface area contributed by atoms with Crippen molar-refractivity contribution in [2.75, 3.05) is 13.1 Å². The molecule has 1 unspecified atom stereocenters. The molecule has 2 nitrogen and oxygen atoms in total. The van der Waals surface area contributed by atoms with Crippen LogP contribution < -0.4 is 0 Å². The molecule has 2 aliphatic rings. The van der Waals surface area contributed by atoms with Gasteiger partial charge in [-0.2, -0.15) is 0 Å². The lowest BCUT2D eigenvalue weighted by Crippen LogP contribution is -2.38. The zero-order valence-electron chi connectivity index (χ0n) is 8.52. The lowest BCUT2D eigenvalue weighted by molar-refractivity contribution is 0.0738. The molecule has 0 radical (unpaired) electrons. The molecular formula is C13H13NO. The van der Waals surface area contributed by atoms with Crippen molar-refractivity contribution in [2.24, 2.45) is 0 Å². The second-order valence-electron chi connectivity index (χ2n) is 4.16. The number of amides is 1. The van der Waals surface area contributed by atoms with Crippen molar-refractivity contribution in [3.8, 4) is 0 Å². The summed E-state index contributed by atoms with van der Waals surface area (Å²) in [6.07, 6.45) is 5.42. The molecule has 0 aliphatic carbocycles. The highest BCUT2D eigenvalue weighted by Gasteiger charge is 2.30. The Morgan fingerprint density at radius 3 is 3.07 bits per heavy atom. The van der Waals surface area contributed by atoms with Gasteiger partial charge in [-0.3, -0.25) is 4.79 Å². The molecule has 3 rings (SSSR count). The quantitative estimate of drug-likeness (QED) is 0.586. The molecule has 0 N–H and O–H groups in total. The predicted octanol–water partition coefficient (Wildman–Crippen LogP) is 2.19. The monoisotopic (exact) mass is 199 g/mol. The van der Waals surface area contributed by atoms with E-state index in [4.69, 9.17) is 0 Å². The van der Waals surface area contributed by atoms with Gasteiger partial charge in [0.2, 0.25) is 0 Å². The van der Waals surface area contributed by atoms with Crippen molar-refractivity contribution in [3.63, 3.8) is 0 Å². The number of hydrogen-bond acceptors (Lipinski definition) is 1. The van der Waals surface area contributed by atoms with Crippen LogP contribution in [0.4, 0.5) is 0 Å². The smallest absolute Gasteiger partial charge is 0.254 e. The van der Waals surface area contributed by atoms with Crippen molar-refractivity contribution in [2.45, 2.75) is 12.3 Å². The highest BCUT2D eigenvalue weighted by Crippen LogP contribution is 2.30. The van der Waals surface area contributed by atoms with Gasteiger partial charge in [-0.25, -0.2) is 0 Å². The Morgan fingerprint density at radius 1 is 1.27 bits per heavy atom. The lowest BCUT2D eigenvalue weighted by atomic mass is 9.90. The first-order valence-corrected chi connectivity index (χ1v) is 5.41. The van der Waals surface area contributed by atoms with Crippen LogP contribution in [0.15, 0.2) is 36.4 Å². The van der Waals surface area contributed by atoms with Crippen molar-refractivity contribution in [1.29, 1.82) is 0 Å². The van der Waals surface area contributed by atoms with Gasteiger partial charge in [0.05, 0.1) is 0 Å². The number of rotatable bonds is 0. The average molecular weight is 199 g/mol. The van der Waals surface area contributed by atoms with Crippen molar-refractivity contribution in [1.82, 2.24) is 4.90 Å². The molecule has 2 heteroatoms. The van der Waals surface area contributed by atoms with E-state index in [0.717, 1.165) is 25.1 Å². The molecule has 0 saturated heterocycles. The molecule has 1 atom stereocenters. The highest BCUT2D eigenvalue weighted by molar-refractivity contribution is 5.97. The molecule has 1 aromatic carbocycles. The second-order valence-corrected chi connectivity index (χ2v) is 4.16. The van der Waals surface area contributed by atoms with Crippen LogP contribution in [-0.4, -0.2) is 23.9 Å². The van der Waals surface area contributed by atoms with Gasteiger partial charge in [0.25, 0.3) is 5.91 Å². The number of carbonyl (C=O) groups excluding carboxylic acids is 1. The minimum Gasteiger partial charge on any atom is -0.337 e. The summed E-state index contributed by atoms with van der Waals surface area (Å²) in [5.41, 5.74) is 2.08. The zero-order valence-corrected chi connectivity index (χ0v) is 8.52. The fourth-order valence-corrected chi connectivity index (χ4v) is 2.45. The summed E-state index contributed by atoms with van der Waals surface area (Å²) in [5.74, 6) is 0.604. The molecular weight excluding hydrogens is 186 g/mol. The van der Waals surface area contributed by atoms with Gasteiger partial charge in [0.15, 0.2) is 0 Å². The lowest BCUT2D eigenvalue weighted by Gasteiger charge is -2.31. The third kappa shape index (κ3) is 1.29. The number of benzene rings is 1. The topological polar surface area (TPSA) is 20.3 Å². The van der Waals surface area contributed by atoms with Crippen LogP contribution in [0.5, 0.6) is 0 Å². The molecule has 0 fully saturated rings. The first-order chi connectivity index (χ1) is 7.36. The third-order valence-corrected chi connectivity index (χ3v) is 3.23. The molecule has 2 bridgehead atoms. The maximum atomic E-state index is 12.1. The van der Waals surface area contributed by atoms with Crippen LogP contribution in [0.25, 0.3) is 0 Å².